The van der Waals surface area contributed by atoms with Crippen molar-refractivity contribution < 1.29 is 0 Å². The van der Waals surface area contributed by atoms with E-state index in [9.17, 15) is 0 Å². The van der Waals surface area contributed by atoms with Gasteiger partial charge in [-0.05, 0) is 191 Å². The number of hydrogen-bond acceptors (Lipinski definition) is 5. The van der Waals surface area contributed by atoms with Crippen molar-refractivity contribution in [2.75, 3.05) is 19.6 Å². The third-order valence-corrected chi connectivity index (χ3v) is 24.7. The summed E-state index contributed by atoms with van der Waals surface area (Å²) in [5, 5.41) is 2.63. The second kappa shape index (κ2) is 19.3. The Morgan fingerprint density at radius 1 is 0.404 bits per heavy atom. The molecule has 2 saturated carbocycles. The zero-order valence-electron chi connectivity index (χ0n) is 55.2. The van der Waals surface area contributed by atoms with E-state index in [1.165, 1.54) is 176 Å². The van der Waals surface area contributed by atoms with E-state index in [1.807, 2.05) is 11.3 Å². The molecule has 6 heteroatoms. The first-order chi connectivity index (χ1) is 42.4. The summed E-state index contributed by atoms with van der Waals surface area (Å²) in [5.74, 6) is 0. The van der Waals surface area contributed by atoms with Gasteiger partial charge >= 0.3 is 0 Å². The van der Waals surface area contributed by atoms with E-state index >= 15 is 0 Å². The van der Waals surface area contributed by atoms with Gasteiger partial charge in [-0.25, -0.2) is 0 Å². The Labute approximate surface area is 534 Å². The predicted octanol–water partition coefficient (Wildman–Crippen LogP) is 21.5. The largest absolute Gasteiger partial charge is 0.334 e. The summed E-state index contributed by atoms with van der Waals surface area (Å²) >= 11 is 1.94. The van der Waals surface area contributed by atoms with E-state index in [2.05, 4.69) is 292 Å². The minimum atomic E-state index is -0.126. The van der Waals surface area contributed by atoms with Crippen molar-refractivity contribution in [1.29, 1.82) is 0 Å². The number of rotatable bonds is 5. The summed E-state index contributed by atoms with van der Waals surface area (Å²) in [4.78, 5) is 11.1. The maximum atomic E-state index is 2.82. The van der Waals surface area contributed by atoms with Crippen LogP contribution in [-0.4, -0.2) is 17.8 Å². The van der Waals surface area contributed by atoms with E-state index in [1.54, 1.807) is 0 Å². The molecule has 16 rings (SSSR count). The van der Waals surface area contributed by atoms with Crippen molar-refractivity contribution in [3.63, 3.8) is 0 Å². The first-order valence-electron chi connectivity index (χ1n) is 33.4. The van der Waals surface area contributed by atoms with Crippen LogP contribution in [0.25, 0.3) is 31.3 Å². The van der Waals surface area contributed by atoms with Gasteiger partial charge < -0.3 is 19.6 Å². The van der Waals surface area contributed by atoms with Crippen LogP contribution < -0.4 is 36.0 Å². The standard InChI is InChI=1S/C83H87BN4S/c1-52-45-72-75-73(46-52)86(69-29-24-28-60-59-27-18-19-30-74(59)89-76(60)69)71-51-58(88-68-40-33-56(79(8,9)10)49-63(68)81(12)42-21-23-44-83(81,88)14)35-37-65(71)84(75)64-36-34-57(87-67-39-32-55(78(5,6)7)48-62(67)80(11)41-20-22-43-82(80,87)13)50-70(64)85(72)66-38-31-54(77(2,3)4)47-61(66)53-25-16-15-17-26-53/h15-19,24-40,45-51H,20-23,41-44H2,1-14H3. The number of anilines is 10. The molecule has 4 aliphatic heterocycles. The van der Waals surface area contributed by atoms with Crippen LogP contribution in [0.4, 0.5) is 56.9 Å². The van der Waals surface area contributed by atoms with E-state index < -0.39 is 0 Å². The first kappa shape index (κ1) is 56.7. The van der Waals surface area contributed by atoms with E-state index in [0.717, 1.165) is 12.8 Å². The van der Waals surface area contributed by atoms with Crippen LogP contribution in [0.15, 0.2) is 176 Å². The summed E-state index contributed by atoms with van der Waals surface area (Å²) in [7, 11) is 0. The summed E-state index contributed by atoms with van der Waals surface area (Å²) in [6.45, 7) is 34.0. The van der Waals surface area contributed by atoms with Gasteiger partial charge in [-0.2, -0.15) is 0 Å². The lowest BCUT2D eigenvalue weighted by Gasteiger charge is -2.51. The lowest BCUT2D eigenvalue weighted by Crippen LogP contribution is -2.61. The molecule has 4 atom stereocenters. The van der Waals surface area contributed by atoms with Gasteiger partial charge in [0.15, 0.2) is 0 Å². The van der Waals surface area contributed by atoms with E-state index in [4.69, 9.17) is 0 Å². The Morgan fingerprint density at radius 2 is 0.876 bits per heavy atom. The molecule has 5 heterocycles. The van der Waals surface area contributed by atoms with Crippen LogP contribution in [0.2, 0.25) is 0 Å². The minimum absolute atomic E-state index is 0.0112. The highest BCUT2D eigenvalue weighted by Crippen LogP contribution is 2.64. The molecule has 0 N–H and O–H groups in total. The third kappa shape index (κ3) is 8.02. The lowest BCUT2D eigenvalue weighted by atomic mass is 9.33. The third-order valence-electron chi connectivity index (χ3n) is 23.5. The van der Waals surface area contributed by atoms with Crippen molar-refractivity contribution in [2.24, 2.45) is 0 Å². The molecule has 10 aromatic rings. The highest BCUT2D eigenvalue weighted by atomic mass is 32.1. The zero-order chi connectivity index (χ0) is 61.7. The maximum absolute atomic E-state index is 2.82. The fraction of sp³-hybridized carbons (Fsp3) is 0.349. The van der Waals surface area contributed by atoms with Gasteiger partial charge in [0.25, 0.3) is 6.71 Å². The van der Waals surface area contributed by atoms with Crippen molar-refractivity contribution >= 4 is 111 Å². The highest BCUT2D eigenvalue weighted by Gasteiger charge is 2.60. The molecule has 0 saturated heterocycles. The Balaban J connectivity index is 0.990. The molecule has 9 aromatic carbocycles. The van der Waals surface area contributed by atoms with Crippen LogP contribution in [-0.2, 0) is 27.1 Å². The van der Waals surface area contributed by atoms with Gasteiger partial charge in [-0.3, -0.25) is 0 Å². The zero-order valence-corrected chi connectivity index (χ0v) is 56.0. The average molecular weight is 1180 g/mol. The molecule has 6 aliphatic rings. The first-order valence-corrected chi connectivity index (χ1v) is 34.3. The number of hydrogen-bond donors (Lipinski definition) is 0. The van der Waals surface area contributed by atoms with Crippen molar-refractivity contribution in [1.82, 2.24) is 0 Å². The second-order valence-corrected chi connectivity index (χ2v) is 32.7. The predicted molar refractivity (Wildman–Crippen MR) is 385 cm³/mol. The monoisotopic (exact) mass is 1180 g/mol. The van der Waals surface area contributed by atoms with E-state index in [0.29, 0.717) is 0 Å². The molecular weight excluding hydrogens is 1100 g/mol. The average Bonchev–Trinajstić information content (AvgIpc) is 1.70. The Morgan fingerprint density at radius 3 is 1.42 bits per heavy atom. The molecular formula is C83H87BN4S. The van der Waals surface area contributed by atoms with Crippen LogP contribution in [0.5, 0.6) is 0 Å². The molecule has 1 aromatic heterocycles. The number of benzene rings is 9. The van der Waals surface area contributed by atoms with E-state index in [-0.39, 0.29) is 44.9 Å². The van der Waals surface area contributed by atoms with Crippen molar-refractivity contribution in [3.05, 3.63) is 209 Å². The Kier molecular flexibility index (Phi) is 12.3. The van der Waals surface area contributed by atoms with Crippen LogP contribution in [0.3, 0.4) is 0 Å². The van der Waals surface area contributed by atoms with Gasteiger partial charge in [0.1, 0.15) is 0 Å². The Bertz CT molecular complexity index is 4590. The van der Waals surface area contributed by atoms with Crippen molar-refractivity contribution in [2.45, 2.75) is 186 Å². The van der Waals surface area contributed by atoms with Gasteiger partial charge in [0.05, 0.1) is 27.2 Å². The van der Waals surface area contributed by atoms with Gasteiger partial charge in [0, 0.05) is 77.4 Å². The molecule has 0 amide bonds. The molecule has 0 spiro atoms. The summed E-state index contributed by atoms with van der Waals surface area (Å²) in [6.07, 6.45) is 9.60. The lowest BCUT2D eigenvalue weighted by molar-refractivity contribution is 0.195. The smallest absolute Gasteiger partial charge is 0.252 e. The topological polar surface area (TPSA) is 13.0 Å². The maximum Gasteiger partial charge on any atom is 0.252 e. The number of nitrogens with zero attached hydrogens (tertiary/aromatic N) is 4. The molecule has 0 radical (unpaired) electrons. The molecule has 2 fully saturated rings. The second-order valence-electron chi connectivity index (χ2n) is 31.7. The summed E-state index contributed by atoms with van der Waals surface area (Å²) in [5.41, 5.74) is 27.4. The SMILES string of the molecule is Cc1cc2c3c(c1)N(c1cccc4c1sc1ccccc14)c1cc(N4c5ccc(C(C)(C)C)cc5C5(C)CCCCC45C)ccc1B3c1ccc(N3c4ccc(C(C)(C)C)cc4C4(C)CCCCC34C)cc1N2c1ccc(C(C)(C)C)cc1-c1ccccc1. The molecule has 2 aliphatic carbocycles. The minimum Gasteiger partial charge on any atom is -0.334 e. The van der Waals surface area contributed by atoms with Crippen LogP contribution in [0, 0.1) is 6.92 Å². The molecule has 89 heavy (non-hydrogen) atoms. The van der Waals surface area contributed by atoms with Gasteiger partial charge in [-0.1, -0.05) is 205 Å². The summed E-state index contributed by atoms with van der Waals surface area (Å²) < 4.78 is 2.64. The number of aryl methyl sites for hydroxylation is 1. The molecule has 4 nitrogen and oxygen atoms in total. The number of thiophene rings is 1. The highest BCUT2D eigenvalue weighted by molar-refractivity contribution is 7.26. The quantitative estimate of drug-likeness (QED) is 0.159. The van der Waals surface area contributed by atoms with Crippen LogP contribution in [0.1, 0.15) is 175 Å². The fourth-order valence-corrected chi connectivity index (χ4v) is 19.3. The van der Waals surface area contributed by atoms with Gasteiger partial charge in [0.2, 0.25) is 0 Å². The normalized spacial score (nSPS) is 22.7. The van der Waals surface area contributed by atoms with Crippen molar-refractivity contribution in [3.8, 4) is 11.1 Å². The molecule has 4 unspecified atom stereocenters. The fourth-order valence-electron chi connectivity index (χ4n) is 18.1. The number of fused-ring (bicyclic) bond motifs is 13. The Hall–Kier alpha value is -7.54. The molecule has 0 bridgehead atoms. The van der Waals surface area contributed by atoms with Gasteiger partial charge in [-0.15, -0.1) is 11.3 Å². The van der Waals surface area contributed by atoms with Crippen LogP contribution >= 0.6 is 11.3 Å². The summed E-state index contributed by atoms with van der Waals surface area (Å²) in [6, 6.07) is 70.3. The molecule has 448 valence electrons.